The van der Waals surface area contributed by atoms with Gasteiger partial charge >= 0.3 is 0 Å². The lowest BCUT2D eigenvalue weighted by Gasteiger charge is -2.40. The Hall–Kier alpha value is -0.350. The molecule has 2 rings (SSSR count). The summed E-state index contributed by atoms with van der Waals surface area (Å²) in [7, 11) is 0. The van der Waals surface area contributed by atoms with Crippen molar-refractivity contribution in [2.45, 2.75) is 31.7 Å². The second kappa shape index (κ2) is 3.42. The Morgan fingerprint density at radius 3 is 2.69 bits per heavy atom. The van der Waals surface area contributed by atoms with E-state index in [4.69, 9.17) is 11.6 Å². The summed E-state index contributed by atoms with van der Waals surface area (Å²) >= 11 is 7.50. The summed E-state index contributed by atoms with van der Waals surface area (Å²) in [5.74, 6) is 0.658. The highest BCUT2D eigenvalue weighted by atomic mass is 35.5. The molecule has 3 nitrogen and oxygen atoms in total. The Balaban J connectivity index is 2.04. The van der Waals surface area contributed by atoms with Crippen molar-refractivity contribution in [1.82, 2.24) is 10.2 Å². The van der Waals surface area contributed by atoms with Crippen LogP contribution in [0.1, 0.15) is 24.3 Å². The van der Waals surface area contributed by atoms with Gasteiger partial charge in [-0.2, -0.15) is 0 Å². The number of anilines is 1. The van der Waals surface area contributed by atoms with Crippen LogP contribution >= 0.6 is 22.9 Å². The highest BCUT2D eigenvalue weighted by Gasteiger charge is 2.36. The van der Waals surface area contributed by atoms with Gasteiger partial charge in [-0.05, 0) is 26.2 Å². The Morgan fingerprint density at radius 2 is 2.31 bits per heavy atom. The Bertz CT molecular complexity index is 290. The number of hydrogen-bond acceptors (Lipinski definition) is 4. The quantitative estimate of drug-likeness (QED) is 0.791. The van der Waals surface area contributed by atoms with Gasteiger partial charge < -0.3 is 5.32 Å². The van der Waals surface area contributed by atoms with Crippen molar-refractivity contribution in [2.75, 3.05) is 11.2 Å². The number of hydrogen-bond donors (Lipinski definition) is 1. The van der Waals surface area contributed by atoms with Crippen molar-refractivity contribution >= 4 is 28.1 Å². The van der Waals surface area contributed by atoms with Crippen molar-refractivity contribution in [1.29, 1.82) is 0 Å². The molecule has 0 aliphatic heterocycles. The first-order valence-electron chi connectivity index (χ1n) is 4.38. The van der Waals surface area contributed by atoms with Crippen molar-refractivity contribution in [2.24, 2.45) is 0 Å². The van der Waals surface area contributed by atoms with Crippen LogP contribution in [-0.2, 0) is 0 Å². The molecule has 1 aromatic rings. The summed E-state index contributed by atoms with van der Waals surface area (Å²) in [6.07, 6.45) is 3.56. The highest BCUT2D eigenvalue weighted by molar-refractivity contribution is 7.15. The van der Waals surface area contributed by atoms with Crippen LogP contribution in [-0.4, -0.2) is 21.6 Å². The van der Waals surface area contributed by atoms with Gasteiger partial charge in [0.2, 0.25) is 5.13 Å². The fourth-order valence-corrected chi connectivity index (χ4v) is 2.51. The van der Waals surface area contributed by atoms with Gasteiger partial charge in [-0.1, -0.05) is 11.3 Å². The maximum Gasteiger partial charge on any atom is 0.206 e. The number of aryl methyl sites for hydroxylation is 1. The van der Waals surface area contributed by atoms with Crippen molar-refractivity contribution < 1.29 is 0 Å². The van der Waals surface area contributed by atoms with E-state index in [0.29, 0.717) is 5.88 Å². The fraction of sp³-hybridized carbons (Fsp3) is 0.750. The highest BCUT2D eigenvalue weighted by Crippen LogP contribution is 2.36. The molecule has 5 heteroatoms. The number of halogens is 1. The summed E-state index contributed by atoms with van der Waals surface area (Å²) in [6, 6.07) is 0. The SMILES string of the molecule is Cc1nnc(NC2(CCl)CCC2)s1. The van der Waals surface area contributed by atoms with E-state index in [1.807, 2.05) is 6.92 Å². The van der Waals surface area contributed by atoms with E-state index in [0.717, 1.165) is 23.0 Å². The average Bonchev–Trinajstić information content (AvgIpc) is 2.44. The largest absolute Gasteiger partial charge is 0.353 e. The molecule has 0 atom stereocenters. The van der Waals surface area contributed by atoms with Gasteiger partial charge in [0.05, 0.1) is 5.54 Å². The third-order valence-corrected chi connectivity index (χ3v) is 3.73. The predicted molar refractivity (Wildman–Crippen MR) is 55.6 cm³/mol. The molecule has 13 heavy (non-hydrogen) atoms. The zero-order valence-corrected chi connectivity index (χ0v) is 9.08. The fourth-order valence-electron chi connectivity index (χ4n) is 1.47. The zero-order valence-electron chi connectivity index (χ0n) is 7.51. The number of rotatable bonds is 3. The summed E-state index contributed by atoms with van der Waals surface area (Å²) in [5, 5.41) is 13.3. The van der Waals surface area contributed by atoms with Gasteiger partial charge in [-0.3, -0.25) is 0 Å². The molecule has 0 spiro atoms. The summed E-state index contributed by atoms with van der Waals surface area (Å²) < 4.78 is 0. The molecule has 1 aliphatic carbocycles. The van der Waals surface area contributed by atoms with Crippen LogP contribution in [0.5, 0.6) is 0 Å². The molecule has 1 heterocycles. The number of aromatic nitrogens is 2. The minimum absolute atomic E-state index is 0.105. The Kier molecular flexibility index (Phi) is 2.43. The van der Waals surface area contributed by atoms with Crippen molar-refractivity contribution in [3.8, 4) is 0 Å². The standard InChI is InChI=1S/C8H12ClN3S/c1-6-11-12-7(13-6)10-8(5-9)3-2-4-8/h2-5H2,1H3,(H,10,12). The normalized spacial score (nSPS) is 19.5. The van der Waals surface area contributed by atoms with Crippen LogP contribution < -0.4 is 5.32 Å². The molecular weight excluding hydrogens is 206 g/mol. The van der Waals surface area contributed by atoms with Gasteiger partial charge in [0.15, 0.2) is 0 Å². The van der Waals surface area contributed by atoms with Crippen molar-refractivity contribution in [3.63, 3.8) is 0 Å². The minimum atomic E-state index is 0.105. The molecule has 1 aromatic heterocycles. The molecule has 1 fully saturated rings. The summed E-state index contributed by atoms with van der Waals surface area (Å²) in [5.41, 5.74) is 0.105. The van der Waals surface area contributed by atoms with E-state index in [1.54, 1.807) is 11.3 Å². The molecule has 0 aromatic carbocycles. The van der Waals surface area contributed by atoms with E-state index < -0.39 is 0 Å². The molecule has 1 N–H and O–H groups in total. The van der Waals surface area contributed by atoms with Crippen molar-refractivity contribution in [3.05, 3.63) is 5.01 Å². The second-order valence-corrected chi connectivity index (χ2v) is 4.97. The molecule has 0 unspecified atom stereocenters. The van der Waals surface area contributed by atoms with Crippen LogP contribution in [0, 0.1) is 6.92 Å². The zero-order chi connectivity index (χ0) is 9.31. The molecular formula is C8H12ClN3S. The average molecular weight is 218 g/mol. The van der Waals surface area contributed by atoms with Crippen LogP contribution in [0.3, 0.4) is 0 Å². The number of nitrogens with one attached hydrogen (secondary N) is 1. The van der Waals surface area contributed by atoms with Gasteiger partial charge in [-0.15, -0.1) is 21.8 Å². The number of alkyl halides is 1. The second-order valence-electron chi connectivity index (χ2n) is 3.52. The molecule has 0 amide bonds. The Morgan fingerprint density at radius 1 is 1.54 bits per heavy atom. The smallest absolute Gasteiger partial charge is 0.206 e. The van der Waals surface area contributed by atoms with Gasteiger partial charge in [0, 0.05) is 5.88 Å². The first-order chi connectivity index (χ1) is 6.24. The first-order valence-corrected chi connectivity index (χ1v) is 5.73. The van der Waals surface area contributed by atoms with Crippen LogP contribution in [0.15, 0.2) is 0 Å². The van der Waals surface area contributed by atoms with Crippen LogP contribution in [0.2, 0.25) is 0 Å². The van der Waals surface area contributed by atoms with E-state index >= 15 is 0 Å². The minimum Gasteiger partial charge on any atom is -0.353 e. The Labute approximate surface area is 86.5 Å². The van der Waals surface area contributed by atoms with E-state index in [1.165, 1.54) is 6.42 Å². The first kappa shape index (κ1) is 9.21. The van der Waals surface area contributed by atoms with Gasteiger partial charge in [-0.25, -0.2) is 0 Å². The molecule has 0 saturated heterocycles. The lowest BCUT2D eigenvalue weighted by Crippen LogP contribution is -2.46. The third-order valence-electron chi connectivity index (χ3n) is 2.46. The maximum atomic E-state index is 5.91. The molecule has 0 radical (unpaired) electrons. The lowest BCUT2D eigenvalue weighted by atomic mass is 9.78. The van der Waals surface area contributed by atoms with Gasteiger partial charge in [0.25, 0.3) is 0 Å². The maximum absolute atomic E-state index is 5.91. The van der Waals surface area contributed by atoms with E-state index in [2.05, 4.69) is 15.5 Å². The van der Waals surface area contributed by atoms with E-state index in [9.17, 15) is 0 Å². The topological polar surface area (TPSA) is 37.8 Å². The summed E-state index contributed by atoms with van der Waals surface area (Å²) in [4.78, 5) is 0. The third kappa shape index (κ3) is 1.79. The van der Waals surface area contributed by atoms with Crippen LogP contribution in [0.25, 0.3) is 0 Å². The summed E-state index contributed by atoms with van der Waals surface area (Å²) in [6.45, 7) is 1.96. The molecule has 72 valence electrons. The molecule has 1 aliphatic rings. The van der Waals surface area contributed by atoms with E-state index in [-0.39, 0.29) is 5.54 Å². The molecule has 1 saturated carbocycles. The lowest BCUT2D eigenvalue weighted by molar-refractivity contribution is 0.311. The monoisotopic (exact) mass is 217 g/mol. The van der Waals surface area contributed by atoms with Crippen LogP contribution in [0.4, 0.5) is 5.13 Å². The molecule has 0 bridgehead atoms. The predicted octanol–water partition coefficient (Wildman–Crippen LogP) is 2.42. The number of nitrogens with zero attached hydrogens (tertiary/aromatic N) is 2. The van der Waals surface area contributed by atoms with Gasteiger partial charge in [0.1, 0.15) is 5.01 Å².